The zero-order chi connectivity index (χ0) is 8.69. The van der Waals surface area contributed by atoms with Gasteiger partial charge < -0.3 is 0 Å². The van der Waals surface area contributed by atoms with Crippen molar-refractivity contribution in [3.63, 3.8) is 0 Å². The number of hydrogen-bond acceptors (Lipinski definition) is 0. The van der Waals surface area contributed by atoms with Crippen molar-refractivity contribution in [2.75, 3.05) is 0 Å². The van der Waals surface area contributed by atoms with E-state index in [2.05, 4.69) is 33.4 Å². The van der Waals surface area contributed by atoms with Crippen molar-refractivity contribution >= 4 is 0 Å². The molecule has 0 fully saturated rings. The van der Waals surface area contributed by atoms with Crippen molar-refractivity contribution in [1.82, 2.24) is 0 Å². The molecule has 0 saturated carbocycles. The van der Waals surface area contributed by atoms with Gasteiger partial charge in [0.25, 0.3) is 0 Å². The summed E-state index contributed by atoms with van der Waals surface area (Å²) >= 11 is 0. The van der Waals surface area contributed by atoms with Crippen molar-refractivity contribution in [1.29, 1.82) is 0 Å². The van der Waals surface area contributed by atoms with Crippen LogP contribution in [0.25, 0.3) is 0 Å². The van der Waals surface area contributed by atoms with Gasteiger partial charge in [-0.2, -0.15) is 0 Å². The first kappa shape index (κ1) is 10.5. The van der Waals surface area contributed by atoms with Crippen LogP contribution in [0.3, 0.4) is 0 Å². The fraction of sp³-hybridized carbons (Fsp3) is 0.636. The van der Waals surface area contributed by atoms with Gasteiger partial charge in [-0.15, -0.1) is 0 Å². The van der Waals surface area contributed by atoms with Gasteiger partial charge >= 0.3 is 0 Å². The second-order valence-electron chi connectivity index (χ2n) is 3.15. The summed E-state index contributed by atoms with van der Waals surface area (Å²) in [4.78, 5) is 0. The minimum atomic E-state index is 1.10. The first-order valence-electron chi connectivity index (χ1n) is 4.53. The molecule has 0 saturated heterocycles. The van der Waals surface area contributed by atoms with Crippen molar-refractivity contribution in [2.24, 2.45) is 0 Å². The first-order valence-corrected chi connectivity index (χ1v) is 4.53. The van der Waals surface area contributed by atoms with E-state index in [9.17, 15) is 0 Å². The lowest BCUT2D eigenvalue weighted by atomic mass is 10.0. The highest BCUT2D eigenvalue weighted by Crippen LogP contribution is 2.14. The molecule has 0 N–H and O–H groups in total. The summed E-state index contributed by atoms with van der Waals surface area (Å²) in [7, 11) is 0. The number of hydrogen-bond donors (Lipinski definition) is 0. The molecular weight excluding hydrogens is 132 g/mol. The molecule has 0 atom stereocenters. The van der Waals surface area contributed by atoms with Gasteiger partial charge in [-0.25, -0.2) is 0 Å². The largest absolute Gasteiger partial charge is 0.0998 e. The highest BCUT2D eigenvalue weighted by molar-refractivity contribution is 5.10. The zero-order valence-corrected chi connectivity index (χ0v) is 8.11. The standard InChI is InChI=1S/C11H20/c1-5-7-11(8-6-2)9-10(3)4/h7H,3,5-6,8-9H2,1-2,4H3. The smallest absolute Gasteiger partial charge is 0.0114 e. The van der Waals surface area contributed by atoms with Gasteiger partial charge in [0.1, 0.15) is 0 Å². The monoisotopic (exact) mass is 152 g/mol. The maximum absolute atomic E-state index is 3.92. The summed E-state index contributed by atoms with van der Waals surface area (Å²) in [5.41, 5.74) is 2.83. The quantitative estimate of drug-likeness (QED) is 0.520. The fourth-order valence-corrected chi connectivity index (χ4v) is 1.26. The third-order valence-electron chi connectivity index (χ3n) is 1.59. The molecule has 0 heteroatoms. The minimum Gasteiger partial charge on any atom is -0.0998 e. The van der Waals surface area contributed by atoms with Gasteiger partial charge in [0.2, 0.25) is 0 Å². The summed E-state index contributed by atoms with van der Waals surface area (Å²) < 4.78 is 0. The summed E-state index contributed by atoms with van der Waals surface area (Å²) in [6.07, 6.45) is 7.07. The summed E-state index contributed by atoms with van der Waals surface area (Å²) in [5, 5.41) is 0. The molecule has 0 aromatic rings. The van der Waals surface area contributed by atoms with E-state index in [0.29, 0.717) is 0 Å². The van der Waals surface area contributed by atoms with E-state index in [1.165, 1.54) is 18.4 Å². The lowest BCUT2D eigenvalue weighted by molar-refractivity contribution is 0.857. The van der Waals surface area contributed by atoms with Crippen LogP contribution in [0.1, 0.15) is 46.5 Å². The second kappa shape index (κ2) is 6.21. The molecule has 0 aliphatic rings. The van der Waals surface area contributed by atoms with Crippen molar-refractivity contribution in [3.05, 3.63) is 23.8 Å². The maximum Gasteiger partial charge on any atom is -0.0114 e. The molecule has 11 heavy (non-hydrogen) atoms. The Morgan fingerprint density at radius 2 is 2.00 bits per heavy atom. The molecule has 0 aromatic carbocycles. The molecule has 0 radical (unpaired) electrons. The zero-order valence-electron chi connectivity index (χ0n) is 8.11. The molecule has 0 amide bonds. The Balaban J connectivity index is 3.89. The Labute approximate surface area is 71.0 Å². The van der Waals surface area contributed by atoms with Crippen molar-refractivity contribution in [3.8, 4) is 0 Å². The summed E-state index contributed by atoms with van der Waals surface area (Å²) in [6, 6.07) is 0. The highest BCUT2D eigenvalue weighted by Gasteiger charge is 1.94. The Hall–Kier alpha value is -0.520. The van der Waals surface area contributed by atoms with Crippen LogP contribution >= 0.6 is 0 Å². The third kappa shape index (κ3) is 5.90. The van der Waals surface area contributed by atoms with Crippen molar-refractivity contribution in [2.45, 2.75) is 46.5 Å². The van der Waals surface area contributed by atoms with Crippen LogP contribution in [-0.4, -0.2) is 0 Å². The Morgan fingerprint density at radius 1 is 1.36 bits per heavy atom. The van der Waals surface area contributed by atoms with Crippen LogP contribution in [-0.2, 0) is 0 Å². The van der Waals surface area contributed by atoms with E-state index in [4.69, 9.17) is 0 Å². The van der Waals surface area contributed by atoms with E-state index in [1.807, 2.05) is 0 Å². The topological polar surface area (TPSA) is 0 Å². The molecular formula is C11H20. The summed E-state index contributed by atoms with van der Waals surface area (Å²) in [6.45, 7) is 10.4. The van der Waals surface area contributed by atoms with Crippen LogP contribution in [0.2, 0.25) is 0 Å². The minimum absolute atomic E-state index is 1.10. The average Bonchev–Trinajstić information content (AvgIpc) is 1.87. The Kier molecular flexibility index (Phi) is 5.91. The number of allylic oxidation sites excluding steroid dienone is 3. The maximum atomic E-state index is 3.92. The van der Waals surface area contributed by atoms with E-state index in [-0.39, 0.29) is 0 Å². The van der Waals surface area contributed by atoms with E-state index >= 15 is 0 Å². The van der Waals surface area contributed by atoms with Crippen LogP contribution in [0.15, 0.2) is 23.8 Å². The molecule has 0 rings (SSSR count). The van der Waals surface area contributed by atoms with E-state index < -0.39 is 0 Å². The van der Waals surface area contributed by atoms with Crippen LogP contribution in [0.5, 0.6) is 0 Å². The van der Waals surface area contributed by atoms with Gasteiger partial charge in [-0.1, -0.05) is 44.1 Å². The third-order valence-corrected chi connectivity index (χ3v) is 1.59. The van der Waals surface area contributed by atoms with E-state index in [0.717, 1.165) is 12.8 Å². The SMILES string of the molecule is C=C(C)CC(=CCC)CCC. The van der Waals surface area contributed by atoms with Gasteiger partial charge in [0, 0.05) is 0 Å². The van der Waals surface area contributed by atoms with E-state index in [1.54, 1.807) is 5.57 Å². The first-order chi connectivity index (χ1) is 5.20. The molecule has 0 aliphatic heterocycles. The van der Waals surface area contributed by atoms with Gasteiger partial charge in [-0.05, 0) is 26.2 Å². The molecule has 0 nitrogen and oxygen atoms in total. The molecule has 0 aromatic heterocycles. The summed E-state index contributed by atoms with van der Waals surface area (Å²) in [5.74, 6) is 0. The Bertz CT molecular complexity index is 140. The molecule has 0 spiro atoms. The molecule has 0 aliphatic carbocycles. The molecule has 64 valence electrons. The Morgan fingerprint density at radius 3 is 2.36 bits per heavy atom. The van der Waals surface area contributed by atoms with Gasteiger partial charge in [0.05, 0.1) is 0 Å². The lowest BCUT2D eigenvalue weighted by Crippen LogP contribution is -1.84. The van der Waals surface area contributed by atoms with Crippen molar-refractivity contribution < 1.29 is 0 Å². The van der Waals surface area contributed by atoms with Gasteiger partial charge in [0.15, 0.2) is 0 Å². The predicted octanol–water partition coefficient (Wildman–Crippen LogP) is 4.09. The van der Waals surface area contributed by atoms with Crippen LogP contribution in [0, 0.1) is 0 Å². The molecule has 0 heterocycles. The molecule has 0 bridgehead atoms. The number of rotatable bonds is 5. The van der Waals surface area contributed by atoms with Crippen LogP contribution < -0.4 is 0 Å². The van der Waals surface area contributed by atoms with Crippen LogP contribution in [0.4, 0.5) is 0 Å². The predicted molar refractivity (Wildman–Crippen MR) is 52.7 cm³/mol. The fourth-order valence-electron chi connectivity index (χ4n) is 1.26. The highest BCUT2D eigenvalue weighted by atomic mass is 14.0. The average molecular weight is 152 g/mol. The normalized spacial score (nSPS) is 11.7. The molecule has 0 unspecified atom stereocenters. The lowest BCUT2D eigenvalue weighted by Gasteiger charge is -2.04. The van der Waals surface area contributed by atoms with Gasteiger partial charge in [-0.3, -0.25) is 0 Å². The second-order valence-corrected chi connectivity index (χ2v) is 3.15.